The maximum atomic E-state index is 5.87. The van der Waals surface area contributed by atoms with Crippen molar-refractivity contribution in [2.75, 3.05) is 6.54 Å². The number of nitrogens with zero attached hydrogens (tertiary/aromatic N) is 4. The Morgan fingerprint density at radius 2 is 2.00 bits per heavy atom. The van der Waals surface area contributed by atoms with Crippen LogP contribution in [0.4, 0.5) is 0 Å². The Morgan fingerprint density at radius 3 is 2.74 bits per heavy atom. The Balaban J connectivity index is 1.77. The summed E-state index contributed by atoms with van der Waals surface area (Å²) in [4.78, 5) is 5.87. The highest BCUT2D eigenvalue weighted by atomic mass is 32.1. The third-order valence-electron chi connectivity index (χ3n) is 5.50. The average Bonchev–Trinajstić information content (AvgIpc) is 3.06. The molecular weight excluding hydrogens is 354 g/mol. The van der Waals surface area contributed by atoms with E-state index < -0.39 is 0 Å². The smallest absolute Gasteiger partial charge is 0.207 e. The molecule has 0 bridgehead atoms. The molecule has 1 aliphatic rings. The van der Waals surface area contributed by atoms with Crippen LogP contribution in [0.3, 0.4) is 0 Å². The van der Waals surface area contributed by atoms with Crippen LogP contribution in [0.15, 0.2) is 54.9 Å². The molecule has 0 radical (unpaired) electrons. The molecule has 0 spiro atoms. The molecule has 2 aromatic heterocycles. The van der Waals surface area contributed by atoms with E-state index in [9.17, 15) is 0 Å². The first-order chi connectivity index (χ1) is 13.3. The van der Waals surface area contributed by atoms with Crippen LogP contribution in [0.2, 0.25) is 0 Å². The first-order valence-electron chi connectivity index (χ1n) is 9.78. The van der Waals surface area contributed by atoms with Crippen molar-refractivity contribution in [2.45, 2.75) is 45.3 Å². The number of nitrogens with one attached hydrogen (secondary N) is 1. The summed E-state index contributed by atoms with van der Waals surface area (Å²) < 4.78 is 4.82. The highest BCUT2D eigenvalue weighted by Gasteiger charge is 2.26. The van der Waals surface area contributed by atoms with Gasteiger partial charge < -0.3 is 4.90 Å². The monoisotopic (exact) mass is 380 g/mol. The molecule has 1 unspecified atom stereocenters. The van der Waals surface area contributed by atoms with E-state index in [1.807, 2.05) is 41.2 Å². The SMILES string of the molecule is CC[C@H]1CCCC[NH+]1Cn1nc(-c2cccnc2)n(-c2ccccc2)c1=S. The molecule has 0 amide bonds. The van der Waals surface area contributed by atoms with E-state index in [0.717, 1.165) is 28.5 Å². The Kier molecular flexibility index (Phi) is 5.45. The lowest BCUT2D eigenvalue weighted by Crippen LogP contribution is -3.15. The van der Waals surface area contributed by atoms with Gasteiger partial charge in [0.15, 0.2) is 12.5 Å². The van der Waals surface area contributed by atoms with Crippen molar-refractivity contribution in [3.63, 3.8) is 0 Å². The second-order valence-corrected chi connectivity index (χ2v) is 7.55. The predicted molar refractivity (Wildman–Crippen MR) is 109 cm³/mol. The van der Waals surface area contributed by atoms with E-state index in [0.29, 0.717) is 6.04 Å². The summed E-state index contributed by atoms with van der Waals surface area (Å²) in [5.74, 6) is 0.851. The first kappa shape index (κ1) is 18.1. The van der Waals surface area contributed by atoms with Crippen LogP contribution in [0, 0.1) is 4.77 Å². The summed E-state index contributed by atoms with van der Waals surface area (Å²) in [5, 5.41) is 4.93. The van der Waals surface area contributed by atoms with Crippen LogP contribution in [0.5, 0.6) is 0 Å². The van der Waals surface area contributed by atoms with Crippen LogP contribution in [-0.4, -0.2) is 31.9 Å². The molecule has 3 aromatic rings. The van der Waals surface area contributed by atoms with Crippen LogP contribution in [-0.2, 0) is 6.67 Å². The van der Waals surface area contributed by atoms with Crippen LogP contribution in [0.1, 0.15) is 32.6 Å². The standard InChI is InChI=1S/C21H25N5S/c1-2-18-10-6-7-14-24(18)16-25-21(27)26(19-11-4-3-5-12-19)20(23-25)17-9-8-13-22-15-17/h3-5,8-9,11-13,15,18H,2,6-7,10,14,16H2,1H3/p+1/t18-/m0/s1. The summed E-state index contributed by atoms with van der Waals surface area (Å²) in [5.41, 5.74) is 2.01. The molecule has 1 aromatic carbocycles. The maximum absolute atomic E-state index is 5.87. The number of pyridine rings is 1. The lowest BCUT2D eigenvalue weighted by Gasteiger charge is -2.31. The fraction of sp³-hybridized carbons (Fsp3) is 0.381. The van der Waals surface area contributed by atoms with Gasteiger partial charge in [0, 0.05) is 23.6 Å². The number of benzene rings is 1. The summed E-state index contributed by atoms with van der Waals surface area (Å²) in [6.45, 7) is 4.31. The van der Waals surface area contributed by atoms with E-state index >= 15 is 0 Å². The largest absolute Gasteiger partial charge is 0.314 e. The Bertz CT molecular complexity index is 932. The van der Waals surface area contributed by atoms with Crippen molar-refractivity contribution in [1.82, 2.24) is 19.3 Å². The van der Waals surface area contributed by atoms with Gasteiger partial charge in [0.05, 0.1) is 12.6 Å². The fourth-order valence-electron chi connectivity index (χ4n) is 4.05. The van der Waals surface area contributed by atoms with Gasteiger partial charge in [0.2, 0.25) is 4.77 Å². The molecule has 0 saturated carbocycles. The minimum absolute atomic E-state index is 0.698. The van der Waals surface area contributed by atoms with Gasteiger partial charge in [-0.1, -0.05) is 25.1 Å². The van der Waals surface area contributed by atoms with E-state index in [1.165, 1.54) is 32.2 Å². The zero-order valence-corrected chi connectivity index (χ0v) is 16.5. The second-order valence-electron chi connectivity index (χ2n) is 7.19. The maximum Gasteiger partial charge on any atom is 0.207 e. The van der Waals surface area contributed by atoms with Crippen molar-refractivity contribution in [3.8, 4) is 17.1 Å². The summed E-state index contributed by atoms with van der Waals surface area (Å²) in [7, 11) is 0. The molecule has 1 aliphatic heterocycles. The topological polar surface area (TPSA) is 40.1 Å². The van der Waals surface area contributed by atoms with E-state index in [1.54, 1.807) is 11.1 Å². The summed E-state index contributed by atoms with van der Waals surface area (Å²) in [6, 6.07) is 14.9. The molecule has 2 atom stereocenters. The number of aromatic nitrogens is 4. The number of rotatable bonds is 5. The molecule has 4 rings (SSSR count). The lowest BCUT2D eigenvalue weighted by molar-refractivity contribution is -0.953. The number of quaternary nitrogens is 1. The van der Waals surface area contributed by atoms with Gasteiger partial charge >= 0.3 is 0 Å². The molecule has 140 valence electrons. The molecule has 0 aliphatic carbocycles. The number of para-hydroxylation sites is 1. The van der Waals surface area contributed by atoms with Crippen molar-refractivity contribution in [2.24, 2.45) is 0 Å². The van der Waals surface area contributed by atoms with Crippen LogP contribution >= 0.6 is 12.2 Å². The third kappa shape index (κ3) is 3.73. The van der Waals surface area contributed by atoms with Gasteiger partial charge in [-0.25, -0.2) is 0 Å². The molecule has 1 saturated heterocycles. The molecule has 1 N–H and O–H groups in total. The normalized spacial score (nSPS) is 19.9. The average molecular weight is 381 g/mol. The number of hydrogen-bond acceptors (Lipinski definition) is 3. The van der Waals surface area contributed by atoms with Crippen LogP contribution in [0.25, 0.3) is 17.1 Å². The lowest BCUT2D eigenvalue weighted by atomic mass is 10.0. The van der Waals surface area contributed by atoms with Gasteiger partial charge in [-0.3, -0.25) is 9.55 Å². The minimum atomic E-state index is 0.698. The summed E-state index contributed by atoms with van der Waals surface area (Å²) >= 11 is 5.87. The predicted octanol–water partition coefficient (Wildman–Crippen LogP) is 3.27. The molecule has 1 fully saturated rings. The van der Waals surface area contributed by atoms with Crippen molar-refractivity contribution in [1.29, 1.82) is 0 Å². The van der Waals surface area contributed by atoms with Gasteiger partial charge in [0.1, 0.15) is 0 Å². The first-order valence-corrected chi connectivity index (χ1v) is 10.2. The van der Waals surface area contributed by atoms with Crippen molar-refractivity contribution in [3.05, 3.63) is 59.6 Å². The molecule has 3 heterocycles. The minimum Gasteiger partial charge on any atom is -0.314 e. The zero-order chi connectivity index (χ0) is 18.6. The molecule has 6 heteroatoms. The van der Waals surface area contributed by atoms with Gasteiger partial charge in [-0.15, -0.1) is 5.10 Å². The molecule has 5 nitrogen and oxygen atoms in total. The Hall–Kier alpha value is -2.31. The highest BCUT2D eigenvalue weighted by Crippen LogP contribution is 2.21. The van der Waals surface area contributed by atoms with Crippen LogP contribution < -0.4 is 4.90 Å². The summed E-state index contributed by atoms with van der Waals surface area (Å²) in [6.07, 6.45) is 8.77. The van der Waals surface area contributed by atoms with Crippen molar-refractivity contribution >= 4 is 12.2 Å². The number of likely N-dealkylation sites (tertiary alicyclic amines) is 1. The Morgan fingerprint density at radius 1 is 1.15 bits per heavy atom. The molecular formula is C21H26N5S+. The Labute approximate surface area is 165 Å². The fourth-order valence-corrected chi connectivity index (χ4v) is 4.34. The van der Waals surface area contributed by atoms with E-state index in [4.69, 9.17) is 17.3 Å². The number of hydrogen-bond donors (Lipinski definition) is 1. The van der Waals surface area contributed by atoms with Gasteiger partial charge in [-0.2, -0.15) is 4.68 Å². The van der Waals surface area contributed by atoms with E-state index in [-0.39, 0.29) is 0 Å². The number of piperidine rings is 1. The van der Waals surface area contributed by atoms with Gasteiger partial charge in [0.25, 0.3) is 0 Å². The van der Waals surface area contributed by atoms with E-state index in [2.05, 4.69) is 28.6 Å². The van der Waals surface area contributed by atoms with Crippen molar-refractivity contribution < 1.29 is 4.90 Å². The highest BCUT2D eigenvalue weighted by molar-refractivity contribution is 7.71. The van der Waals surface area contributed by atoms with Gasteiger partial charge in [-0.05, 0) is 62.2 Å². The quantitative estimate of drug-likeness (QED) is 0.691. The third-order valence-corrected chi connectivity index (χ3v) is 5.89. The zero-order valence-electron chi connectivity index (χ0n) is 15.7. The second kappa shape index (κ2) is 8.15. The molecule has 27 heavy (non-hydrogen) atoms.